The van der Waals surface area contributed by atoms with E-state index in [0.717, 1.165) is 12.2 Å². The molecule has 1 heterocycles. The van der Waals surface area contributed by atoms with Gasteiger partial charge in [-0.2, -0.15) is 0 Å². The van der Waals surface area contributed by atoms with Gasteiger partial charge in [0.25, 0.3) is 0 Å². The molecule has 20 heavy (non-hydrogen) atoms. The number of rotatable bonds is 3. The normalized spacial score (nSPS) is 16.6. The smallest absolute Gasteiger partial charge is 0.163 e. The Balaban J connectivity index is 1.79. The molecule has 1 aliphatic rings. The van der Waals surface area contributed by atoms with Crippen molar-refractivity contribution >= 4 is 34.7 Å². The van der Waals surface area contributed by atoms with Crippen LogP contribution in [0.2, 0.25) is 10.0 Å². The van der Waals surface area contributed by atoms with Crippen molar-refractivity contribution in [3.63, 3.8) is 0 Å². The largest absolute Gasteiger partial charge is 0.384 e. The van der Waals surface area contributed by atoms with E-state index in [1.165, 1.54) is 5.56 Å². The van der Waals surface area contributed by atoms with Gasteiger partial charge in [-0.1, -0.05) is 41.4 Å². The molecule has 2 aromatic rings. The van der Waals surface area contributed by atoms with Crippen molar-refractivity contribution < 1.29 is 4.79 Å². The Bertz CT molecular complexity index is 669. The summed E-state index contributed by atoms with van der Waals surface area (Å²) < 4.78 is 0. The van der Waals surface area contributed by atoms with E-state index in [1.54, 1.807) is 18.2 Å². The van der Waals surface area contributed by atoms with Crippen molar-refractivity contribution in [1.29, 1.82) is 0 Å². The fraction of sp³-hybridized carbons (Fsp3) is 0.188. The molecule has 0 aliphatic carbocycles. The zero-order valence-electron chi connectivity index (χ0n) is 10.7. The molecule has 102 valence electrons. The van der Waals surface area contributed by atoms with Gasteiger partial charge >= 0.3 is 0 Å². The Labute approximate surface area is 127 Å². The van der Waals surface area contributed by atoms with Gasteiger partial charge in [0.15, 0.2) is 5.78 Å². The molecule has 0 bridgehead atoms. The third kappa shape index (κ3) is 2.54. The fourth-order valence-electron chi connectivity index (χ4n) is 2.55. The number of carbonyl (C=O) groups excluding carboxylic acids is 1. The van der Waals surface area contributed by atoms with Gasteiger partial charge in [-0.15, -0.1) is 0 Å². The average Bonchev–Trinajstić information content (AvgIpc) is 2.85. The van der Waals surface area contributed by atoms with Crippen molar-refractivity contribution in [3.8, 4) is 0 Å². The number of anilines is 1. The Hall–Kier alpha value is -1.51. The zero-order valence-corrected chi connectivity index (χ0v) is 12.2. The molecule has 2 nitrogen and oxygen atoms in total. The molecule has 1 N–H and O–H groups in total. The highest BCUT2D eigenvalue weighted by atomic mass is 35.5. The van der Waals surface area contributed by atoms with Gasteiger partial charge in [-0.3, -0.25) is 4.79 Å². The maximum atomic E-state index is 12.3. The summed E-state index contributed by atoms with van der Waals surface area (Å²) in [5, 5.41) is 4.22. The van der Waals surface area contributed by atoms with Crippen LogP contribution in [-0.4, -0.2) is 12.3 Å². The molecular formula is C16H13Cl2NO. The van der Waals surface area contributed by atoms with Crippen LogP contribution in [0.1, 0.15) is 28.3 Å². The van der Waals surface area contributed by atoms with Gasteiger partial charge < -0.3 is 5.32 Å². The molecule has 0 radical (unpaired) electrons. The summed E-state index contributed by atoms with van der Waals surface area (Å²) >= 11 is 11.8. The molecule has 4 heteroatoms. The maximum Gasteiger partial charge on any atom is 0.163 e. The highest BCUT2D eigenvalue weighted by Crippen LogP contribution is 2.34. The van der Waals surface area contributed by atoms with Crippen LogP contribution in [0.15, 0.2) is 42.5 Å². The Morgan fingerprint density at radius 2 is 1.95 bits per heavy atom. The average molecular weight is 306 g/mol. The van der Waals surface area contributed by atoms with Crippen molar-refractivity contribution in [1.82, 2.24) is 0 Å². The lowest BCUT2D eigenvalue weighted by Gasteiger charge is -2.09. The highest BCUT2D eigenvalue weighted by molar-refractivity contribution is 6.42. The van der Waals surface area contributed by atoms with Crippen LogP contribution < -0.4 is 5.32 Å². The van der Waals surface area contributed by atoms with E-state index in [-0.39, 0.29) is 11.7 Å². The van der Waals surface area contributed by atoms with Crippen LogP contribution >= 0.6 is 23.2 Å². The number of ketones is 1. The summed E-state index contributed by atoms with van der Waals surface area (Å²) in [5.74, 6) is 0.306. The number of fused-ring (bicyclic) bond motifs is 1. The van der Waals surface area contributed by atoms with E-state index in [4.69, 9.17) is 23.2 Å². The van der Waals surface area contributed by atoms with Crippen LogP contribution in [0.4, 0.5) is 5.69 Å². The highest BCUT2D eigenvalue weighted by Gasteiger charge is 2.24. The Morgan fingerprint density at radius 3 is 2.75 bits per heavy atom. The fourth-order valence-corrected chi connectivity index (χ4v) is 2.85. The van der Waals surface area contributed by atoms with Crippen molar-refractivity contribution in [2.24, 2.45) is 0 Å². The third-order valence-electron chi connectivity index (χ3n) is 3.61. The predicted molar refractivity (Wildman–Crippen MR) is 83.1 cm³/mol. The number of benzene rings is 2. The second kappa shape index (κ2) is 5.47. The summed E-state index contributed by atoms with van der Waals surface area (Å²) in [6.07, 6.45) is 0.474. The van der Waals surface area contributed by atoms with Gasteiger partial charge in [-0.05, 0) is 29.8 Å². The summed E-state index contributed by atoms with van der Waals surface area (Å²) in [7, 11) is 0. The molecule has 0 amide bonds. The van der Waals surface area contributed by atoms with Crippen LogP contribution in [0.5, 0.6) is 0 Å². The minimum Gasteiger partial charge on any atom is -0.384 e. The van der Waals surface area contributed by atoms with Gasteiger partial charge in [0, 0.05) is 30.1 Å². The first-order valence-corrected chi connectivity index (χ1v) is 7.22. The van der Waals surface area contributed by atoms with E-state index in [1.807, 2.05) is 18.2 Å². The molecule has 1 atom stereocenters. The monoisotopic (exact) mass is 305 g/mol. The molecule has 0 fully saturated rings. The summed E-state index contributed by atoms with van der Waals surface area (Å²) in [4.78, 5) is 12.3. The Kier molecular flexibility index (Phi) is 3.68. The molecule has 0 saturated carbocycles. The quantitative estimate of drug-likeness (QED) is 0.827. The molecule has 0 aromatic heterocycles. The number of carbonyl (C=O) groups is 1. The minimum atomic E-state index is 0.0899. The minimum absolute atomic E-state index is 0.0899. The number of hydrogen-bond acceptors (Lipinski definition) is 2. The first-order valence-electron chi connectivity index (χ1n) is 6.46. The molecule has 0 spiro atoms. The van der Waals surface area contributed by atoms with Gasteiger partial charge in [0.1, 0.15) is 0 Å². The maximum absolute atomic E-state index is 12.3. The number of Topliss-reactive ketones (excluding diaryl/α,β-unsaturated/α-hetero) is 1. The Morgan fingerprint density at radius 1 is 1.15 bits per heavy atom. The first kappa shape index (κ1) is 13.5. The van der Waals surface area contributed by atoms with E-state index in [0.29, 0.717) is 22.0 Å². The lowest BCUT2D eigenvalue weighted by Crippen LogP contribution is -2.09. The molecule has 2 aromatic carbocycles. The number of para-hydroxylation sites is 1. The lowest BCUT2D eigenvalue weighted by atomic mass is 9.93. The van der Waals surface area contributed by atoms with Crippen molar-refractivity contribution in [2.45, 2.75) is 12.3 Å². The van der Waals surface area contributed by atoms with Gasteiger partial charge in [0.05, 0.1) is 10.0 Å². The van der Waals surface area contributed by atoms with Crippen LogP contribution in [-0.2, 0) is 0 Å². The molecule has 1 aliphatic heterocycles. The lowest BCUT2D eigenvalue weighted by molar-refractivity contribution is 0.0975. The van der Waals surface area contributed by atoms with Crippen LogP contribution in [0, 0.1) is 0 Å². The van der Waals surface area contributed by atoms with Gasteiger partial charge in [0.2, 0.25) is 0 Å². The van der Waals surface area contributed by atoms with Gasteiger partial charge in [-0.25, -0.2) is 0 Å². The molecular weight excluding hydrogens is 293 g/mol. The van der Waals surface area contributed by atoms with Crippen LogP contribution in [0.25, 0.3) is 0 Å². The molecule has 1 unspecified atom stereocenters. The van der Waals surface area contributed by atoms with E-state index in [9.17, 15) is 4.79 Å². The zero-order chi connectivity index (χ0) is 14.1. The van der Waals surface area contributed by atoms with Crippen molar-refractivity contribution in [2.75, 3.05) is 11.9 Å². The third-order valence-corrected chi connectivity index (χ3v) is 4.35. The number of halogens is 2. The van der Waals surface area contributed by atoms with E-state index in [2.05, 4.69) is 11.4 Å². The topological polar surface area (TPSA) is 29.1 Å². The molecule has 3 rings (SSSR count). The summed E-state index contributed by atoms with van der Waals surface area (Å²) in [6.45, 7) is 0.798. The molecule has 0 saturated heterocycles. The van der Waals surface area contributed by atoms with Crippen LogP contribution in [0.3, 0.4) is 0 Å². The second-order valence-electron chi connectivity index (χ2n) is 4.92. The number of nitrogens with one attached hydrogen (secondary N) is 1. The standard InChI is InChI=1S/C16H13Cl2NO/c17-13-6-5-10(7-14(13)18)16(20)8-11-9-19-15-4-2-1-3-12(11)15/h1-7,11,19H,8-9H2. The SMILES string of the molecule is O=C(CC1CNc2ccccc21)c1ccc(Cl)c(Cl)c1. The summed E-state index contributed by atoms with van der Waals surface area (Å²) in [6, 6.07) is 13.1. The van der Waals surface area contributed by atoms with Crippen molar-refractivity contribution in [3.05, 3.63) is 63.6 Å². The second-order valence-corrected chi connectivity index (χ2v) is 5.74. The number of hydrogen-bond donors (Lipinski definition) is 1. The van der Waals surface area contributed by atoms with E-state index < -0.39 is 0 Å². The first-order chi connectivity index (χ1) is 9.65. The van der Waals surface area contributed by atoms with E-state index >= 15 is 0 Å². The predicted octanol–water partition coefficient (Wildman–Crippen LogP) is 4.78. The summed E-state index contributed by atoms with van der Waals surface area (Å²) in [5.41, 5.74) is 2.95.